The molecule has 3 heteroatoms. The van der Waals surface area contributed by atoms with Gasteiger partial charge in [0.15, 0.2) is 0 Å². The van der Waals surface area contributed by atoms with Crippen LogP contribution < -0.4 is 9.24 Å². The van der Waals surface area contributed by atoms with E-state index in [2.05, 4.69) is 6.07 Å². The van der Waals surface area contributed by atoms with Crippen molar-refractivity contribution in [1.29, 1.82) is 0 Å². The Morgan fingerprint density at radius 2 is 2.00 bits per heavy atom. The van der Waals surface area contributed by atoms with Crippen molar-refractivity contribution in [3.8, 4) is 0 Å². The third-order valence-electron chi connectivity index (χ3n) is 0.911. The van der Waals surface area contributed by atoms with Crippen molar-refractivity contribution in [3.05, 3.63) is 24.3 Å². The van der Waals surface area contributed by atoms with Crippen molar-refractivity contribution in [2.45, 2.75) is 0 Å². The van der Waals surface area contributed by atoms with Gasteiger partial charge in [-0.05, 0) is 0 Å². The SMILES string of the molecule is Cl.Nc1ccc[c]([SbH2])c1. The predicted molar refractivity (Wildman–Crippen MR) is 46.3 cm³/mol. The fourth-order valence-electron chi connectivity index (χ4n) is 0.559. The summed E-state index contributed by atoms with van der Waals surface area (Å²) in [5, 5.41) is 0. The van der Waals surface area contributed by atoms with Crippen LogP contribution >= 0.6 is 12.4 Å². The number of nitrogen functional groups attached to an aromatic ring is 1. The molecule has 0 aromatic heterocycles. The molecule has 0 aliphatic heterocycles. The van der Waals surface area contributed by atoms with Gasteiger partial charge in [0.05, 0.1) is 0 Å². The minimum atomic E-state index is 0. The molecule has 50 valence electrons. The Morgan fingerprint density at radius 3 is 2.33 bits per heavy atom. The summed E-state index contributed by atoms with van der Waals surface area (Å²) in [6.07, 6.45) is 0. The molecule has 2 N–H and O–H groups in total. The van der Waals surface area contributed by atoms with E-state index in [0.29, 0.717) is 0 Å². The molecule has 0 amide bonds. The van der Waals surface area contributed by atoms with E-state index in [4.69, 9.17) is 5.73 Å². The Labute approximate surface area is 74.5 Å². The summed E-state index contributed by atoms with van der Waals surface area (Å²) in [6, 6.07) is 7.97. The first-order valence-electron chi connectivity index (χ1n) is 2.40. The van der Waals surface area contributed by atoms with Crippen LogP contribution in [0.4, 0.5) is 5.69 Å². The topological polar surface area (TPSA) is 26.0 Å². The summed E-state index contributed by atoms with van der Waals surface area (Å²) in [5.41, 5.74) is 6.35. The number of halogens is 1. The van der Waals surface area contributed by atoms with E-state index < -0.39 is 0 Å². The number of hydrogen-bond acceptors (Lipinski definition) is 1. The maximum atomic E-state index is 5.48. The summed E-state index contributed by atoms with van der Waals surface area (Å²) >= 11 is 1.15. The third kappa shape index (κ3) is 2.98. The first-order chi connectivity index (χ1) is 3.79. The van der Waals surface area contributed by atoms with E-state index in [1.54, 1.807) is 0 Å². The van der Waals surface area contributed by atoms with Crippen molar-refractivity contribution in [3.63, 3.8) is 0 Å². The van der Waals surface area contributed by atoms with E-state index in [0.717, 1.165) is 28.7 Å². The van der Waals surface area contributed by atoms with Crippen LogP contribution in [0.5, 0.6) is 0 Å². The second-order valence-electron chi connectivity index (χ2n) is 1.67. The van der Waals surface area contributed by atoms with E-state index in [9.17, 15) is 0 Å². The zero-order valence-electron chi connectivity index (χ0n) is 4.87. The third-order valence-corrected chi connectivity index (χ3v) is 1.94. The predicted octanol–water partition coefficient (Wildman–Crippen LogP) is -0.0510. The van der Waals surface area contributed by atoms with Gasteiger partial charge in [-0.25, -0.2) is 0 Å². The minimum absolute atomic E-state index is 0. The van der Waals surface area contributed by atoms with Crippen LogP contribution in [0.1, 0.15) is 0 Å². The van der Waals surface area contributed by atoms with E-state index in [1.807, 2.05) is 18.2 Å². The fraction of sp³-hybridized carbons (Fsp3) is 0. The first-order valence-corrected chi connectivity index (χ1v) is 4.05. The van der Waals surface area contributed by atoms with Crippen molar-refractivity contribution in [2.24, 2.45) is 0 Å². The molecule has 0 aliphatic rings. The van der Waals surface area contributed by atoms with Gasteiger partial charge in [-0.3, -0.25) is 0 Å². The van der Waals surface area contributed by atoms with Crippen LogP contribution in [0.15, 0.2) is 24.3 Å². The molecule has 0 fully saturated rings. The van der Waals surface area contributed by atoms with Gasteiger partial charge in [0, 0.05) is 0 Å². The summed E-state index contributed by atoms with van der Waals surface area (Å²) in [5.74, 6) is 0. The fourth-order valence-corrected chi connectivity index (χ4v) is 1.43. The molecule has 0 atom stereocenters. The molecule has 0 spiro atoms. The number of hydrogen-bond donors (Lipinski definition) is 1. The van der Waals surface area contributed by atoms with Crippen LogP contribution in [0, 0.1) is 0 Å². The normalized spacial score (nSPS) is 8.11. The Morgan fingerprint density at radius 1 is 1.33 bits per heavy atom. The Balaban J connectivity index is 0.000000640. The van der Waals surface area contributed by atoms with Gasteiger partial charge >= 0.3 is 62.2 Å². The Hall–Kier alpha value is 0.128. The monoisotopic (exact) mass is 251 g/mol. The van der Waals surface area contributed by atoms with Crippen LogP contribution in [-0.2, 0) is 0 Å². The number of anilines is 1. The van der Waals surface area contributed by atoms with Gasteiger partial charge in [0.25, 0.3) is 0 Å². The molecule has 0 saturated carbocycles. The van der Waals surface area contributed by atoms with Gasteiger partial charge in [0.2, 0.25) is 0 Å². The van der Waals surface area contributed by atoms with Gasteiger partial charge in [-0.1, -0.05) is 0 Å². The van der Waals surface area contributed by atoms with Crippen LogP contribution in [0.25, 0.3) is 0 Å². The molecule has 0 aliphatic carbocycles. The summed E-state index contributed by atoms with van der Waals surface area (Å²) in [7, 11) is 0. The van der Waals surface area contributed by atoms with Gasteiger partial charge in [-0.15, -0.1) is 12.4 Å². The summed E-state index contributed by atoms with van der Waals surface area (Å²) in [4.78, 5) is 0. The van der Waals surface area contributed by atoms with Crippen LogP contribution in [0.3, 0.4) is 0 Å². The molecule has 1 aromatic rings. The summed E-state index contributed by atoms with van der Waals surface area (Å²) in [6.45, 7) is 0. The molecule has 0 heterocycles. The number of rotatable bonds is 0. The molecule has 0 bridgehead atoms. The van der Waals surface area contributed by atoms with E-state index in [-0.39, 0.29) is 12.4 Å². The van der Waals surface area contributed by atoms with Gasteiger partial charge in [0.1, 0.15) is 0 Å². The first kappa shape index (κ1) is 9.13. The van der Waals surface area contributed by atoms with E-state index >= 15 is 0 Å². The van der Waals surface area contributed by atoms with Crippen molar-refractivity contribution in [1.82, 2.24) is 0 Å². The number of nitrogens with two attached hydrogens (primary N) is 1. The van der Waals surface area contributed by atoms with Crippen LogP contribution in [0.2, 0.25) is 0 Å². The van der Waals surface area contributed by atoms with E-state index in [1.165, 1.54) is 3.51 Å². The van der Waals surface area contributed by atoms with Crippen molar-refractivity contribution in [2.75, 3.05) is 5.73 Å². The molecule has 0 unspecified atom stereocenters. The molecule has 1 nitrogen and oxygen atoms in total. The quantitative estimate of drug-likeness (QED) is 0.508. The average Bonchev–Trinajstić information content (AvgIpc) is 1.64. The zero-order valence-corrected chi connectivity index (χ0v) is 8.98. The van der Waals surface area contributed by atoms with Crippen LogP contribution in [-0.4, -0.2) is 23.0 Å². The Bertz CT molecular complexity index is 173. The van der Waals surface area contributed by atoms with Gasteiger partial charge in [-0.2, -0.15) is 0 Å². The molecule has 9 heavy (non-hydrogen) atoms. The second-order valence-corrected chi connectivity index (χ2v) is 3.57. The maximum absolute atomic E-state index is 5.48. The van der Waals surface area contributed by atoms with Gasteiger partial charge < -0.3 is 0 Å². The molecule has 1 aromatic carbocycles. The van der Waals surface area contributed by atoms with Crippen molar-refractivity contribution >= 4 is 44.6 Å². The molecule has 1 rings (SSSR count). The molecular formula is C6H9ClNSb. The van der Waals surface area contributed by atoms with Crippen molar-refractivity contribution < 1.29 is 0 Å². The standard InChI is InChI=1S/C6H6N.ClH.Sb.2H/c7-6-4-2-1-3-5-6;;;;/h1-2,4-5H,7H2;1H;;;. The molecular weight excluding hydrogens is 243 g/mol. The Kier molecular flexibility index (Phi) is 4.08. The second kappa shape index (κ2) is 4.03. The zero-order chi connectivity index (χ0) is 5.98. The number of benzene rings is 1. The molecule has 0 saturated heterocycles. The average molecular weight is 252 g/mol. The summed E-state index contributed by atoms with van der Waals surface area (Å²) < 4.78 is 1.34. The molecule has 0 radical (unpaired) electrons.